The molecular formula is C23H29N5O3. The molecule has 0 saturated heterocycles. The number of aliphatic hydroxyl groups is 2. The Balaban J connectivity index is 1.78. The van der Waals surface area contributed by atoms with E-state index in [1.54, 1.807) is 38.4 Å². The minimum atomic E-state index is -0.987. The lowest BCUT2D eigenvalue weighted by molar-refractivity contribution is 0.0785. The van der Waals surface area contributed by atoms with Crippen molar-refractivity contribution in [2.45, 2.75) is 57.7 Å². The molecule has 1 fully saturated rings. The molecule has 0 aliphatic heterocycles. The summed E-state index contributed by atoms with van der Waals surface area (Å²) < 4.78 is 1.50. The Labute approximate surface area is 181 Å². The first-order chi connectivity index (χ1) is 14.7. The summed E-state index contributed by atoms with van der Waals surface area (Å²) in [6.07, 6.45) is 6.49. The third kappa shape index (κ3) is 4.40. The van der Waals surface area contributed by atoms with E-state index in [0.717, 1.165) is 30.2 Å². The summed E-state index contributed by atoms with van der Waals surface area (Å²) in [5, 5.41) is 27.5. The number of hydrogen-bond donors (Lipinski definition) is 4. The number of fused-ring (bicyclic) bond motifs is 1. The SMILES string of the molecule is CC1(Nc2nc(Nc3cc(C(C)(C)O)ccn3)cc3ccn(CCO)c(=O)c23)CCC1. The highest BCUT2D eigenvalue weighted by Gasteiger charge is 2.32. The second-order valence-electron chi connectivity index (χ2n) is 9.01. The van der Waals surface area contributed by atoms with E-state index in [1.165, 1.54) is 4.57 Å². The first-order valence-electron chi connectivity index (χ1n) is 10.6. The van der Waals surface area contributed by atoms with Crippen molar-refractivity contribution in [1.82, 2.24) is 14.5 Å². The van der Waals surface area contributed by atoms with Gasteiger partial charge in [0.1, 0.15) is 17.5 Å². The molecule has 8 nitrogen and oxygen atoms in total. The molecule has 0 bridgehead atoms. The quantitative estimate of drug-likeness (QED) is 0.462. The predicted octanol–water partition coefficient (Wildman–Crippen LogP) is 3.11. The van der Waals surface area contributed by atoms with Gasteiger partial charge in [-0.3, -0.25) is 4.79 Å². The van der Waals surface area contributed by atoms with Crippen molar-refractivity contribution in [3.8, 4) is 0 Å². The molecule has 1 aliphatic rings. The molecule has 0 spiro atoms. The zero-order valence-electron chi connectivity index (χ0n) is 18.1. The third-order valence-electron chi connectivity index (χ3n) is 5.90. The topological polar surface area (TPSA) is 112 Å². The molecule has 0 radical (unpaired) electrons. The van der Waals surface area contributed by atoms with E-state index >= 15 is 0 Å². The lowest BCUT2D eigenvalue weighted by Crippen LogP contribution is -2.42. The van der Waals surface area contributed by atoms with E-state index in [4.69, 9.17) is 4.98 Å². The molecule has 1 aliphatic carbocycles. The molecule has 3 heterocycles. The molecule has 4 N–H and O–H groups in total. The lowest BCUT2D eigenvalue weighted by Gasteiger charge is -2.39. The van der Waals surface area contributed by atoms with E-state index < -0.39 is 5.60 Å². The van der Waals surface area contributed by atoms with Gasteiger partial charge in [0.15, 0.2) is 0 Å². The predicted molar refractivity (Wildman–Crippen MR) is 122 cm³/mol. The van der Waals surface area contributed by atoms with E-state index in [9.17, 15) is 15.0 Å². The van der Waals surface area contributed by atoms with Gasteiger partial charge in [0.25, 0.3) is 5.56 Å². The number of hydrogen-bond acceptors (Lipinski definition) is 7. The van der Waals surface area contributed by atoms with Gasteiger partial charge in [-0.25, -0.2) is 9.97 Å². The number of rotatable bonds is 7. The number of nitrogens with one attached hydrogen (secondary N) is 2. The van der Waals surface area contributed by atoms with Crippen molar-refractivity contribution >= 4 is 28.2 Å². The molecule has 4 rings (SSSR count). The van der Waals surface area contributed by atoms with Gasteiger partial charge in [0, 0.05) is 24.5 Å². The monoisotopic (exact) mass is 423 g/mol. The Kier molecular flexibility index (Phi) is 5.45. The van der Waals surface area contributed by atoms with E-state index in [0.29, 0.717) is 22.8 Å². The van der Waals surface area contributed by atoms with E-state index in [1.807, 2.05) is 12.1 Å². The second kappa shape index (κ2) is 7.94. The minimum Gasteiger partial charge on any atom is -0.395 e. The van der Waals surface area contributed by atoms with Crippen molar-refractivity contribution in [2.75, 3.05) is 17.2 Å². The number of aliphatic hydroxyl groups excluding tert-OH is 1. The third-order valence-corrected chi connectivity index (χ3v) is 5.90. The highest BCUT2D eigenvalue weighted by atomic mass is 16.3. The highest BCUT2D eigenvalue weighted by molar-refractivity contribution is 5.93. The van der Waals surface area contributed by atoms with Crippen molar-refractivity contribution in [3.63, 3.8) is 0 Å². The van der Waals surface area contributed by atoms with Crippen LogP contribution < -0.4 is 16.2 Å². The van der Waals surface area contributed by atoms with Crippen LogP contribution in [0.5, 0.6) is 0 Å². The first-order valence-corrected chi connectivity index (χ1v) is 10.6. The van der Waals surface area contributed by atoms with Crippen molar-refractivity contribution in [3.05, 3.63) is 52.6 Å². The molecule has 3 aromatic rings. The molecule has 0 aromatic carbocycles. The summed E-state index contributed by atoms with van der Waals surface area (Å²) >= 11 is 0. The van der Waals surface area contributed by atoms with Crippen LogP contribution in [0.4, 0.5) is 17.5 Å². The van der Waals surface area contributed by atoms with Crippen LogP contribution >= 0.6 is 0 Å². The summed E-state index contributed by atoms with van der Waals surface area (Å²) in [5.41, 5.74) is -0.530. The Hall–Kier alpha value is -2.97. The molecule has 31 heavy (non-hydrogen) atoms. The normalized spacial score (nSPS) is 15.5. The summed E-state index contributed by atoms with van der Waals surface area (Å²) in [5.74, 6) is 1.64. The van der Waals surface area contributed by atoms with Crippen LogP contribution in [0.2, 0.25) is 0 Å². The number of aromatic nitrogens is 3. The highest BCUT2D eigenvalue weighted by Crippen LogP contribution is 2.36. The van der Waals surface area contributed by atoms with Gasteiger partial charge in [-0.2, -0.15) is 0 Å². The Morgan fingerprint density at radius 1 is 1.23 bits per heavy atom. The van der Waals surface area contributed by atoms with Gasteiger partial charge in [0.05, 0.1) is 17.6 Å². The first kappa shape index (κ1) is 21.3. The fourth-order valence-corrected chi connectivity index (χ4v) is 3.87. The van der Waals surface area contributed by atoms with Crippen molar-refractivity contribution in [2.24, 2.45) is 0 Å². The van der Waals surface area contributed by atoms with Crippen LogP contribution in [0, 0.1) is 0 Å². The minimum absolute atomic E-state index is 0.0955. The van der Waals surface area contributed by atoms with Crippen LogP contribution in [0.3, 0.4) is 0 Å². The maximum Gasteiger partial charge on any atom is 0.262 e. The van der Waals surface area contributed by atoms with Gasteiger partial charge in [0.2, 0.25) is 0 Å². The Bertz CT molecular complexity index is 1160. The lowest BCUT2D eigenvalue weighted by atomic mass is 9.78. The fraction of sp³-hybridized carbons (Fsp3) is 0.435. The van der Waals surface area contributed by atoms with Crippen LogP contribution in [0.15, 0.2) is 41.5 Å². The van der Waals surface area contributed by atoms with Gasteiger partial charge in [-0.1, -0.05) is 0 Å². The van der Waals surface area contributed by atoms with Crippen molar-refractivity contribution < 1.29 is 10.2 Å². The summed E-state index contributed by atoms with van der Waals surface area (Å²) in [6, 6.07) is 7.22. The van der Waals surface area contributed by atoms with E-state index in [2.05, 4.69) is 22.5 Å². The zero-order chi connectivity index (χ0) is 22.2. The summed E-state index contributed by atoms with van der Waals surface area (Å²) in [7, 11) is 0. The van der Waals surface area contributed by atoms with Gasteiger partial charge in [-0.05, 0) is 75.2 Å². The molecule has 1 saturated carbocycles. The molecule has 0 amide bonds. The number of anilines is 3. The maximum absolute atomic E-state index is 13.1. The molecule has 164 valence electrons. The van der Waals surface area contributed by atoms with Crippen LogP contribution in [-0.2, 0) is 12.1 Å². The second-order valence-corrected chi connectivity index (χ2v) is 9.01. The fourth-order valence-electron chi connectivity index (χ4n) is 3.87. The van der Waals surface area contributed by atoms with Crippen LogP contribution in [0.25, 0.3) is 10.8 Å². The Morgan fingerprint density at radius 2 is 2.00 bits per heavy atom. The Morgan fingerprint density at radius 3 is 2.65 bits per heavy atom. The van der Waals surface area contributed by atoms with Gasteiger partial charge in [-0.15, -0.1) is 0 Å². The summed E-state index contributed by atoms with van der Waals surface area (Å²) in [4.78, 5) is 22.1. The average Bonchev–Trinajstić information content (AvgIpc) is 2.68. The van der Waals surface area contributed by atoms with Gasteiger partial charge < -0.3 is 25.4 Å². The molecule has 3 aromatic heterocycles. The molecule has 0 atom stereocenters. The molecule has 8 heteroatoms. The zero-order valence-corrected chi connectivity index (χ0v) is 18.1. The van der Waals surface area contributed by atoms with E-state index in [-0.39, 0.29) is 24.2 Å². The number of nitrogens with zero attached hydrogens (tertiary/aromatic N) is 3. The standard InChI is InChI=1S/C23H29N5O3/c1-22(2,31)16-5-9-24-17(14-16)25-18-13-15-6-10-28(11-12-29)21(30)19(15)20(26-18)27-23(3)7-4-8-23/h5-6,9-10,13-14,29,31H,4,7-8,11-12H2,1-3H3,(H2,24,25,26,27). The van der Waals surface area contributed by atoms with Crippen molar-refractivity contribution in [1.29, 1.82) is 0 Å². The van der Waals surface area contributed by atoms with Crippen LogP contribution in [-0.4, -0.2) is 36.9 Å². The molecular weight excluding hydrogens is 394 g/mol. The maximum atomic E-state index is 13.1. The number of pyridine rings is 3. The molecule has 0 unspecified atom stereocenters. The van der Waals surface area contributed by atoms with Gasteiger partial charge >= 0.3 is 0 Å². The smallest absolute Gasteiger partial charge is 0.262 e. The summed E-state index contributed by atoms with van der Waals surface area (Å²) in [6.45, 7) is 5.70. The average molecular weight is 424 g/mol. The largest absolute Gasteiger partial charge is 0.395 e. The van der Waals surface area contributed by atoms with Crippen LogP contribution in [0.1, 0.15) is 45.6 Å².